The number of benzene rings is 1. The fourth-order valence-electron chi connectivity index (χ4n) is 4.46. The molecule has 0 aliphatic carbocycles. The van der Waals surface area contributed by atoms with Crippen LogP contribution in [0.25, 0.3) is 0 Å². The average Bonchev–Trinajstić information content (AvgIpc) is 3.16. The summed E-state index contributed by atoms with van der Waals surface area (Å²) < 4.78 is 10.7. The summed E-state index contributed by atoms with van der Waals surface area (Å²) in [5.41, 5.74) is 0.767. The van der Waals surface area contributed by atoms with Crippen LogP contribution in [0.4, 0.5) is 10.5 Å². The second-order valence-electron chi connectivity index (χ2n) is 7.49. The number of nitrogens with one attached hydrogen (secondary N) is 2. The maximum atomic E-state index is 12.4. The Morgan fingerprint density at radius 3 is 2.56 bits per heavy atom. The number of carbonyl (C=O) groups excluding carboxylic acids is 1. The largest absolute Gasteiger partial charge is 0.497 e. The van der Waals surface area contributed by atoms with E-state index in [1.54, 1.807) is 13.4 Å². The Morgan fingerprint density at radius 2 is 1.93 bits per heavy atom. The van der Waals surface area contributed by atoms with Crippen molar-refractivity contribution in [2.45, 2.75) is 56.8 Å². The molecule has 6 nitrogen and oxygen atoms in total. The minimum Gasteiger partial charge on any atom is -0.497 e. The lowest BCUT2D eigenvalue weighted by atomic mass is 9.81. The molecule has 6 heteroatoms. The molecule has 4 rings (SSSR count). The number of amides is 2. The second-order valence-corrected chi connectivity index (χ2v) is 7.49. The Morgan fingerprint density at radius 1 is 1.19 bits per heavy atom. The summed E-state index contributed by atoms with van der Waals surface area (Å²) in [6.45, 7) is 0.868. The van der Waals surface area contributed by atoms with Gasteiger partial charge in [-0.2, -0.15) is 0 Å². The molecular formula is C21H27N3O3. The summed E-state index contributed by atoms with van der Waals surface area (Å²) in [6.07, 6.45) is 7.38. The Labute approximate surface area is 159 Å². The zero-order chi connectivity index (χ0) is 18.6. The van der Waals surface area contributed by atoms with Crippen molar-refractivity contribution in [3.63, 3.8) is 0 Å². The van der Waals surface area contributed by atoms with E-state index in [1.807, 2.05) is 36.4 Å². The molecule has 1 aromatic carbocycles. The van der Waals surface area contributed by atoms with Gasteiger partial charge >= 0.3 is 6.03 Å². The minimum absolute atomic E-state index is 0.136. The highest BCUT2D eigenvalue weighted by atomic mass is 16.5. The van der Waals surface area contributed by atoms with Gasteiger partial charge in [-0.3, -0.25) is 4.90 Å². The van der Waals surface area contributed by atoms with Crippen LogP contribution in [0.5, 0.6) is 5.75 Å². The molecule has 2 aliphatic rings. The molecule has 2 N–H and O–H groups in total. The molecule has 144 valence electrons. The summed E-state index contributed by atoms with van der Waals surface area (Å²) >= 11 is 0. The zero-order valence-corrected chi connectivity index (χ0v) is 15.7. The fourth-order valence-corrected chi connectivity index (χ4v) is 4.46. The van der Waals surface area contributed by atoms with Crippen molar-refractivity contribution in [2.75, 3.05) is 12.4 Å². The highest BCUT2D eigenvalue weighted by molar-refractivity contribution is 5.89. The number of nitrogens with zero attached hydrogens (tertiary/aromatic N) is 1. The van der Waals surface area contributed by atoms with E-state index in [-0.39, 0.29) is 12.1 Å². The van der Waals surface area contributed by atoms with Crippen LogP contribution < -0.4 is 15.4 Å². The molecule has 2 aromatic rings. The summed E-state index contributed by atoms with van der Waals surface area (Å²) in [4.78, 5) is 15.0. The molecule has 0 radical (unpaired) electrons. The lowest BCUT2D eigenvalue weighted by molar-refractivity contribution is 0.0150. The lowest BCUT2D eigenvalue weighted by Gasteiger charge is -2.48. The summed E-state index contributed by atoms with van der Waals surface area (Å²) in [5, 5.41) is 6.09. The number of hydrogen-bond acceptors (Lipinski definition) is 4. The molecule has 2 saturated heterocycles. The third-order valence-electron chi connectivity index (χ3n) is 5.73. The van der Waals surface area contributed by atoms with Gasteiger partial charge in [-0.15, -0.1) is 0 Å². The van der Waals surface area contributed by atoms with E-state index in [4.69, 9.17) is 9.15 Å². The number of piperidine rings is 2. The van der Waals surface area contributed by atoms with Crippen molar-refractivity contribution in [3.8, 4) is 5.75 Å². The molecule has 2 aliphatic heterocycles. The predicted molar refractivity (Wildman–Crippen MR) is 104 cm³/mol. The zero-order valence-electron chi connectivity index (χ0n) is 15.7. The Kier molecular flexibility index (Phi) is 5.34. The van der Waals surface area contributed by atoms with Gasteiger partial charge in [0.2, 0.25) is 0 Å². The smallest absolute Gasteiger partial charge is 0.319 e. The van der Waals surface area contributed by atoms with E-state index in [1.165, 1.54) is 19.3 Å². The molecule has 2 fully saturated rings. The van der Waals surface area contributed by atoms with Crippen LogP contribution >= 0.6 is 0 Å². The van der Waals surface area contributed by atoms with Gasteiger partial charge in [-0.1, -0.05) is 6.42 Å². The molecule has 3 heterocycles. The lowest BCUT2D eigenvalue weighted by Crippen LogP contribution is -2.56. The number of rotatable bonds is 5. The Bertz CT molecular complexity index is 731. The van der Waals surface area contributed by atoms with Crippen molar-refractivity contribution >= 4 is 11.7 Å². The highest BCUT2D eigenvalue weighted by Gasteiger charge is 2.38. The van der Waals surface area contributed by atoms with Gasteiger partial charge < -0.3 is 19.8 Å². The van der Waals surface area contributed by atoms with Crippen LogP contribution in [0.15, 0.2) is 47.1 Å². The molecular weight excluding hydrogens is 342 g/mol. The number of fused-ring (bicyclic) bond motifs is 2. The normalized spacial score (nSPS) is 25.0. The number of carbonyl (C=O) groups is 1. The first kappa shape index (κ1) is 17.9. The first-order chi connectivity index (χ1) is 13.2. The number of urea groups is 1. The summed E-state index contributed by atoms with van der Waals surface area (Å²) in [7, 11) is 1.63. The maximum absolute atomic E-state index is 12.4. The van der Waals surface area contributed by atoms with Crippen LogP contribution in [0.2, 0.25) is 0 Å². The number of ether oxygens (including phenoxy) is 1. The number of methoxy groups -OCH3 is 1. The standard InChI is InChI=1S/C21H27N3O3/c1-26-19-9-7-15(8-10-19)22-21(25)23-16-12-17-4-2-5-18(13-16)24(17)14-20-6-3-11-27-20/h3,6-11,16-18H,2,4-5,12-14H2,1H3,(H2,22,23,25). The maximum Gasteiger partial charge on any atom is 0.319 e. The van der Waals surface area contributed by atoms with Crippen LogP contribution in [0, 0.1) is 0 Å². The molecule has 27 heavy (non-hydrogen) atoms. The van der Waals surface area contributed by atoms with Gasteiger partial charge in [0, 0.05) is 23.8 Å². The highest BCUT2D eigenvalue weighted by Crippen LogP contribution is 2.35. The quantitative estimate of drug-likeness (QED) is 0.836. The molecule has 2 amide bonds. The van der Waals surface area contributed by atoms with E-state index >= 15 is 0 Å². The van der Waals surface area contributed by atoms with Gasteiger partial charge in [0.25, 0.3) is 0 Å². The van der Waals surface area contributed by atoms with Crippen LogP contribution in [-0.2, 0) is 6.54 Å². The third-order valence-corrected chi connectivity index (χ3v) is 5.73. The average molecular weight is 369 g/mol. The van der Waals surface area contributed by atoms with E-state index in [9.17, 15) is 4.79 Å². The van der Waals surface area contributed by atoms with Crippen molar-refractivity contribution in [3.05, 3.63) is 48.4 Å². The molecule has 2 bridgehead atoms. The van der Waals surface area contributed by atoms with Crippen LogP contribution in [0.1, 0.15) is 37.9 Å². The summed E-state index contributed by atoms with van der Waals surface area (Å²) in [6, 6.07) is 12.5. The van der Waals surface area contributed by atoms with Gasteiger partial charge in [0.15, 0.2) is 0 Å². The van der Waals surface area contributed by atoms with Crippen LogP contribution in [0.3, 0.4) is 0 Å². The Balaban J connectivity index is 1.33. The SMILES string of the molecule is COc1ccc(NC(=O)NC2CC3CCCC(C2)N3Cc2ccco2)cc1. The first-order valence-corrected chi connectivity index (χ1v) is 9.71. The first-order valence-electron chi connectivity index (χ1n) is 9.71. The van der Waals surface area contributed by atoms with Gasteiger partial charge in [-0.05, 0) is 62.1 Å². The fraction of sp³-hybridized carbons (Fsp3) is 0.476. The topological polar surface area (TPSA) is 66.7 Å². The monoisotopic (exact) mass is 369 g/mol. The Hall–Kier alpha value is -2.47. The van der Waals surface area contributed by atoms with Gasteiger partial charge in [-0.25, -0.2) is 4.79 Å². The number of anilines is 1. The molecule has 0 spiro atoms. The molecule has 1 aromatic heterocycles. The predicted octanol–water partition coefficient (Wildman–Crippen LogP) is 4.00. The molecule has 0 saturated carbocycles. The van der Waals surface area contributed by atoms with Crippen molar-refractivity contribution in [2.24, 2.45) is 0 Å². The molecule has 2 atom stereocenters. The van der Waals surface area contributed by atoms with Crippen molar-refractivity contribution < 1.29 is 13.9 Å². The number of hydrogen-bond donors (Lipinski definition) is 2. The number of furan rings is 1. The van der Waals surface area contributed by atoms with E-state index < -0.39 is 0 Å². The van der Waals surface area contributed by atoms with E-state index in [0.717, 1.165) is 36.6 Å². The second kappa shape index (κ2) is 8.05. The minimum atomic E-state index is -0.136. The van der Waals surface area contributed by atoms with E-state index in [0.29, 0.717) is 12.1 Å². The van der Waals surface area contributed by atoms with Crippen molar-refractivity contribution in [1.29, 1.82) is 0 Å². The van der Waals surface area contributed by atoms with Crippen molar-refractivity contribution in [1.82, 2.24) is 10.2 Å². The molecule has 2 unspecified atom stereocenters. The summed E-state index contributed by atoms with van der Waals surface area (Å²) in [5.74, 6) is 1.80. The van der Waals surface area contributed by atoms with Crippen LogP contribution in [-0.4, -0.2) is 36.2 Å². The third kappa shape index (κ3) is 4.27. The van der Waals surface area contributed by atoms with E-state index in [2.05, 4.69) is 15.5 Å². The van der Waals surface area contributed by atoms with Gasteiger partial charge in [0.1, 0.15) is 11.5 Å². The van der Waals surface area contributed by atoms with Gasteiger partial charge in [0.05, 0.1) is 19.9 Å².